The van der Waals surface area contributed by atoms with Gasteiger partial charge in [0, 0.05) is 25.3 Å². The molecule has 0 atom stereocenters. The molecule has 0 radical (unpaired) electrons. The van der Waals surface area contributed by atoms with E-state index in [0.717, 1.165) is 36.7 Å². The molecule has 1 N–H and O–H groups in total. The fourth-order valence-electron chi connectivity index (χ4n) is 2.23. The summed E-state index contributed by atoms with van der Waals surface area (Å²) in [5.74, 6) is 0.650. The maximum absolute atomic E-state index is 12.0. The van der Waals surface area contributed by atoms with E-state index in [9.17, 15) is 4.79 Å². The lowest BCUT2D eigenvalue weighted by atomic mass is 10.2. The Hall–Kier alpha value is -1.88. The van der Waals surface area contributed by atoms with Crippen LogP contribution in [0.1, 0.15) is 25.7 Å². The van der Waals surface area contributed by atoms with Crippen LogP contribution >= 0.6 is 0 Å². The first-order valence-corrected chi connectivity index (χ1v) is 6.90. The number of fused-ring (bicyclic) bond motifs is 1. The van der Waals surface area contributed by atoms with Crippen molar-refractivity contribution in [1.82, 2.24) is 9.55 Å². The number of hydrogen-bond donors (Lipinski definition) is 1. The van der Waals surface area contributed by atoms with E-state index >= 15 is 0 Å². The van der Waals surface area contributed by atoms with Crippen molar-refractivity contribution in [3.8, 4) is 5.75 Å². The molecule has 2 rings (SSSR count). The summed E-state index contributed by atoms with van der Waals surface area (Å²) in [5, 5.41) is 8.75. The van der Waals surface area contributed by atoms with Crippen LogP contribution in [0.25, 0.3) is 11.0 Å². The molecular formula is C15H20N2O3. The molecule has 0 fully saturated rings. The topological polar surface area (TPSA) is 64.3 Å². The number of aromatic nitrogens is 2. The Balaban J connectivity index is 2.21. The fraction of sp³-hybridized carbons (Fsp3) is 0.467. The third kappa shape index (κ3) is 3.36. The van der Waals surface area contributed by atoms with Gasteiger partial charge in [-0.05, 0) is 18.9 Å². The average Bonchev–Trinajstić information content (AvgIpc) is 2.48. The zero-order valence-electron chi connectivity index (χ0n) is 11.7. The standard InChI is InChI=1S/C15H20N2O3/c1-20-12-10-14-13(16-11-12)6-7-15(19)17(14)8-4-2-3-5-9-18/h6-7,10-11,18H,2-5,8-9H2,1H3. The number of aliphatic hydroxyl groups excluding tert-OH is 1. The van der Waals surface area contributed by atoms with Gasteiger partial charge < -0.3 is 14.4 Å². The molecule has 0 aliphatic heterocycles. The third-order valence-electron chi connectivity index (χ3n) is 3.34. The molecule has 2 aromatic rings. The van der Waals surface area contributed by atoms with Crippen LogP contribution < -0.4 is 10.3 Å². The monoisotopic (exact) mass is 276 g/mol. The Bertz CT molecular complexity index is 622. The zero-order chi connectivity index (χ0) is 14.4. The molecule has 0 bridgehead atoms. The summed E-state index contributed by atoms with van der Waals surface area (Å²) in [4.78, 5) is 16.3. The smallest absolute Gasteiger partial charge is 0.251 e. The maximum Gasteiger partial charge on any atom is 0.251 e. The van der Waals surface area contributed by atoms with E-state index in [0.29, 0.717) is 12.3 Å². The number of aryl methyl sites for hydroxylation is 1. The van der Waals surface area contributed by atoms with Gasteiger partial charge in [-0.3, -0.25) is 9.78 Å². The lowest BCUT2D eigenvalue weighted by molar-refractivity contribution is 0.282. The molecule has 0 saturated heterocycles. The van der Waals surface area contributed by atoms with Gasteiger partial charge in [0.1, 0.15) is 5.75 Å². The van der Waals surface area contributed by atoms with Gasteiger partial charge in [0.05, 0.1) is 24.3 Å². The first kappa shape index (κ1) is 14.5. The summed E-state index contributed by atoms with van der Waals surface area (Å²) in [5.41, 5.74) is 1.58. The quantitative estimate of drug-likeness (QED) is 0.785. The second-order valence-corrected chi connectivity index (χ2v) is 4.74. The van der Waals surface area contributed by atoms with Crippen molar-refractivity contribution < 1.29 is 9.84 Å². The van der Waals surface area contributed by atoms with Crippen LogP contribution in [0.3, 0.4) is 0 Å². The number of unbranched alkanes of at least 4 members (excludes halogenated alkanes) is 3. The number of ether oxygens (including phenoxy) is 1. The molecule has 0 amide bonds. The molecule has 2 aromatic heterocycles. The van der Waals surface area contributed by atoms with Gasteiger partial charge in [-0.15, -0.1) is 0 Å². The Morgan fingerprint density at radius 3 is 2.80 bits per heavy atom. The molecule has 0 aliphatic carbocycles. The molecule has 5 heteroatoms. The van der Waals surface area contributed by atoms with Gasteiger partial charge in [-0.1, -0.05) is 12.8 Å². The van der Waals surface area contributed by atoms with E-state index < -0.39 is 0 Å². The van der Waals surface area contributed by atoms with Crippen molar-refractivity contribution in [3.05, 3.63) is 34.7 Å². The van der Waals surface area contributed by atoms with Crippen molar-refractivity contribution in [2.45, 2.75) is 32.2 Å². The van der Waals surface area contributed by atoms with E-state index in [-0.39, 0.29) is 12.2 Å². The first-order valence-electron chi connectivity index (χ1n) is 6.90. The predicted molar refractivity (Wildman–Crippen MR) is 78.1 cm³/mol. The summed E-state index contributed by atoms with van der Waals surface area (Å²) in [6.07, 6.45) is 5.37. The van der Waals surface area contributed by atoms with Crippen LogP contribution in [0.15, 0.2) is 29.2 Å². The van der Waals surface area contributed by atoms with Gasteiger partial charge in [-0.25, -0.2) is 0 Å². The molecule has 0 spiro atoms. The zero-order valence-corrected chi connectivity index (χ0v) is 11.7. The first-order chi connectivity index (χ1) is 9.76. The van der Waals surface area contributed by atoms with E-state index in [4.69, 9.17) is 9.84 Å². The molecule has 0 saturated carbocycles. The van der Waals surface area contributed by atoms with Crippen molar-refractivity contribution >= 4 is 11.0 Å². The number of pyridine rings is 2. The molecule has 2 heterocycles. The summed E-state index contributed by atoms with van der Waals surface area (Å²) in [6, 6.07) is 5.13. The highest BCUT2D eigenvalue weighted by atomic mass is 16.5. The SMILES string of the molecule is COc1cnc2ccc(=O)n(CCCCCCO)c2c1. The van der Waals surface area contributed by atoms with Gasteiger partial charge >= 0.3 is 0 Å². The van der Waals surface area contributed by atoms with Crippen LogP contribution in [0.2, 0.25) is 0 Å². The highest BCUT2D eigenvalue weighted by molar-refractivity contribution is 5.75. The summed E-state index contributed by atoms with van der Waals surface area (Å²) >= 11 is 0. The Kier molecular flexibility index (Phi) is 5.12. The van der Waals surface area contributed by atoms with Crippen LogP contribution in [-0.2, 0) is 6.54 Å². The molecule has 0 unspecified atom stereocenters. The Labute approximate surface area is 117 Å². The maximum atomic E-state index is 12.0. The van der Waals surface area contributed by atoms with E-state index in [1.807, 2.05) is 6.07 Å². The van der Waals surface area contributed by atoms with Gasteiger partial charge in [-0.2, -0.15) is 0 Å². The minimum Gasteiger partial charge on any atom is -0.495 e. The molecule has 20 heavy (non-hydrogen) atoms. The second-order valence-electron chi connectivity index (χ2n) is 4.74. The Morgan fingerprint density at radius 2 is 2.05 bits per heavy atom. The lowest BCUT2D eigenvalue weighted by Gasteiger charge is -2.10. The van der Waals surface area contributed by atoms with Crippen LogP contribution in [0.4, 0.5) is 0 Å². The Morgan fingerprint density at radius 1 is 1.25 bits per heavy atom. The molecular weight excluding hydrogens is 256 g/mol. The minimum absolute atomic E-state index is 0.0188. The fourth-order valence-corrected chi connectivity index (χ4v) is 2.23. The van der Waals surface area contributed by atoms with Gasteiger partial charge in [0.15, 0.2) is 0 Å². The highest BCUT2D eigenvalue weighted by Crippen LogP contribution is 2.17. The highest BCUT2D eigenvalue weighted by Gasteiger charge is 2.05. The van der Waals surface area contributed by atoms with Crippen LogP contribution in [0, 0.1) is 0 Å². The molecule has 108 valence electrons. The minimum atomic E-state index is -0.0188. The van der Waals surface area contributed by atoms with Crippen molar-refractivity contribution in [2.24, 2.45) is 0 Å². The number of rotatable bonds is 7. The average molecular weight is 276 g/mol. The van der Waals surface area contributed by atoms with E-state index in [2.05, 4.69) is 4.98 Å². The van der Waals surface area contributed by atoms with E-state index in [1.54, 1.807) is 30.0 Å². The van der Waals surface area contributed by atoms with Crippen LogP contribution in [0.5, 0.6) is 5.75 Å². The summed E-state index contributed by atoms with van der Waals surface area (Å²) in [6.45, 7) is 0.895. The summed E-state index contributed by atoms with van der Waals surface area (Å²) < 4.78 is 6.91. The third-order valence-corrected chi connectivity index (χ3v) is 3.34. The normalized spacial score (nSPS) is 10.9. The number of methoxy groups -OCH3 is 1. The van der Waals surface area contributed by atoms with E-state index in [1.165, 1.54) is 0 Å². The van der Waals surface area contributed by atoms with Crippen molar-refractivity contribution in [2.75, 3.05) is 13.7 Å². The predicted octanol–water partition coefficient (Wildman–Crippen LogP) is 1.96. The van der Waals surface area contributed by atoms with Gasteiger partial charge in [0.2, 0.25) is 0 Å². The summed E-state index contributed by atoms with van der Waals surface area (Å²) in [7, 11) is 1.59. The molecule has 0 aromatic carbocycles. The number of hydrogen-bond acceptors (Lipinski definition) is 4. The van der Waals surface area contributed by atoms with Gasteiger partial charge in [0.25, 0.3) is 5.56 Å². The number of aliphatic hydroxyl groups is 1. The lowest BCUT2D eigenvalue weighted by Crippen LogP contribution is -2.19. The molecule has 0 aliphatic rings. The van der Waals surface area contributed by atoms with Crippen molar-refractivity contribution in [3.63, 3.8) is 0 Å². The second kappa shape index (κ2) is 7.05. The van der Waals surface area contributed by atoms with Crippen LogP contribution in [-0.4, -0.2) is 28.4 Å². The van der Waals surface area contributed by atoms with Crippen molar-refractivity contribution in [1.29, 1.82) is 0 Å². The number of nitrogens with zero attached hydrogens (tertiary/aromatic N) is 2. The molecule has 5 nitrogen and oxygen atoms in total. The largest absolute Gasteiger partial charge is 0.495 e.